The molecule has 0 radical (unpaired) electrons. The van der Waals surface area contributed by atoms with E-state index in [2.05, 4.69) is 29.2 Å². The maximum absolute atomic E-state index is 12.9. The highest BCUT2D eigenvalue weighted by molar-refractivity contribution is 7.19. The molecule has 0 unspecified atom stereocenters. The quantitative estimate of drug-likeness (QED) is 0.529. The lowest BCUT2D eigenvalue weighted by Gasteiger charge is -2.17. The minimum absolute atomic E-state index is 0.136. The molecule has 0 saturated carbocycles. The molecule has 1 N–H and O–H groups in total. The summed E-state index contributed by atoms with van der Waals surface area (Å²) in [6, 6.07) is 5.95. The van der Waals surface area contributed by atoms with Crippen LogP contribution in [0.2, 0.25) is 0 Å². The Hall–Kier alpha value is -3.00. The van der Waals surface area contributed by atoms with Crippen LogP contribution in [-0.4, -0.2) is 25.1 Å². The molecule has 160 valence electrons. The van der Waals surface area contributed by atoms with Gasteiger partial charge < -0.3 is 5.32 Å². The number of para-hydroxylation sites is 1. The largest absolute Gasteiger partial charge is 0.352 e. The van der Waals surface area contributed by atoms with Gasteiger partial charge in [0.1, 0.15) is 17.7 Å². The molecule has 7 nitrogen and oxygen atoms in total. The molecule has 0 saturated heterocycles. The van der Waals surface area contributed by atoms with Gasteiger partial charge in [0.25, 0.3) is 0 Å². The van der Waals surface area contributed by atoms with Gasteiger partial charge >= 0.3 is 5.69 Å². The van der Waals surface area contributed by atoms with Crippen LogP contribution in [0.4, 0.5) is 5.69 Å². The molecule has 1 atom stereocenters. The number of fused-ring (bicyclic) bond motifs is 5. The molecule has 0 fully saturated rings. The normalized spacial score (nSPS) is 16.0. The minimum Gasteiger partial charge on any atom is -0.324 e. The van der Waals surface area contributed by atoms with E-state index in [0.717, 1.165) is 52.7 Å². The number of hydrogen-bond acceptors (Lipinski definition) is 5. The summed E-state index contributed by atoms with van der Waals surface area (Å²) in [6.45, 7) is 6.15. The number of carbonyl (C=O) groups excluding carboxylic acids is 1. The van der Waals surface area contributed by atoms with E-state index < -0.39 is 0 Å². The van der Waals surface area contributed by atoms with Gasteiger partial charge in [-0.15, -0.1) is 16.4 Å². The van der Waals surface area contributed by atoms with Gasteiger partial charge in [0.15, 0.2) is 5.65 Å². The second-order valence-electron chi connectivity index (χ2n) is 8.42. The van der Waals surface area contributed by atoms with Crippen molar-refractivity contribution in [1.29, 1.82) is 0 Å². The third-order valence-corrected chi connectivity index (χ3v) is 7.34. The molecule has 1 aromatic carbocycles. The number of hydrogen-bond donors (Lipinski definition) is 1. The Kier molecular flexibility index (Phi) is 4.89. The number of anilines is 1. The van der Waals surface area contributed by atoms with E-state index in [-0.39, 0.29) is 18.1 Å². The van der Waals surface area contributed by atoms with Crippen molar-refractivity contribution in [3.63, 3.8) is 0 Å². The van der Waals surface area contributed by atoms with Gasteiger partial charge in [0, 0.05) is 10.6 Å². The van der Waals surface area contributed by atoms with Crippen LogP contribution in [0, 0.1) is 12.8 Å². The number of carbonyl (C=O) groups is 1. The van der Waals surface area contributed by atoms with Crippen molar-refractivity contribution in [2.45, 2.75) is 53.0 Å². The lowest BCUT2D eigenvalue weighted by molar-refractivity contribution is -0.117. The van der Waals surface area contributed by atoms with Gasteiger partial charge in [-0.1, -0.05) is 32.0 Å². The van der Waals surface area contributed by atoms with Gasteiger partial charge in [0.05, 0.1) is 5.39 Å². The third kappa shape index (κ3) is 3.35. The van der Waals surface area contributed by atoms with Gasteiger partial charge in [0.2, 0.25) is 5.91 Å². The highest BCUT2D eigenvalue weighted by Gasteiger charge is 2.24. The van der Waals surface area contributed by atoms with Crippen molar-refractivity contribution in [2.75, 3.05) is 5.32 Å². The Bertz CT molecular complexity index is 1380. The number of amides is 1. The molecule has 1 aliphatic rings. The van der Waals surface area contributed by atoms with Crippen molar-refractivity contribution in [1.82, 2.24) is 19.2 Å². The van der Waals surface area contributed by atoms with E-state index in [4.69, 9.17) is 0 Å². The Labute approximate surface area is 183 Å². The SMILES string of the molecule is CCc1cccc(C)c1NC(=O)Cn1nc2c3c4c(sc3ncn2c1=O)C[C@@H](C)CC4. The van der Waals surface area contributed by atoms with Crippen LogP contribution in [0.15, 0.2) is 29.3 Å². The smallest absolute Gasteiger partial charge is 0.324 e. The van der Waals surface area contributed by atoms with E-state index >= 15 is 0 Å². The molecule has 1 aliphatic carbocycles. The van der Waals surface area contributed by atoms with Crippen LogP contribution < -0.4 is 11.0 Å². The van der Waals surface area contributed by atoms with E-state index in [9.17, 15) is 9.59 Å². The van der Waals surface area contributed by atoms with Crippen LogP contribution in [0.1, 0.15) is 41.8 Å². The van der Waals surface area contributed by atoms with Gasteiger partial charge in [-0.25, -0.2) is 18.9 Å². The maximum Gasteiger partial charge on any atom is 0.352 e. The molecule has 8 heteroatoms. The van der Waals surface area contributed by atoms with Crippen LogP contribution >= 0.6 is 11.3 Å². The van der Waals surface area contributed by atoms with Gasteiger partial charge in [-0.2, -0.15) is 0 Å². The maximum atomic E-state index is 12.9. The molecular formula is C23H25N5O2S. The fourth-order valence-electron chi connectivity index (χ4n) is 4.48. The molecule has 3 aromatic heterocycles. The number of nitrogens with one attached hydrogen (secondary N) is 1. The fourth-order valence-corrected chi connectivity index (χ4v) is 5.83. The second kappa shape index (κ2) is 7.60. The Balaban J connectivity index is 1.51. The average molecular weight is 436 g/mol. The Morgan fingerprint density at radius 1 is 1.35 bits per heavy atom. The summed E-state index contributed by atoms with van der Waals surface area (Å²) in [5, 5.41) is 8.50. The molecule has 0 bridgehead atoms. The number of aryl methyl sites for hydroxylation is 3. The molecule has 1 amide bonds. The number of thiophene rings is 1. The highest BCUT2D eigenvalue weighted by Crippen LogP contribution is 2.38. The number of nitrogens with zero attached hydrogens (tertiary/aromatic N) is 4. The minimum atomic E-state index is -0.343. The van der Waals surface area contributed by atoms with Crippen LogP contribution in [0.5, 0.6) is 0 Å². The Morgan fingerprint density at radius 2 is 2.19 bits per heavy atom. The summed E-state index contributed by atoms with van der Waals surface area (Å²) in [5.41, 5.74) is 4.41. The van der Waals surface area contributed by atoms with E-state index in [0.29, 0.717) is 11.6 Å². The summed E-state index contributed by atoms with van der Waals surface area (Å²) in [6.07, 6.45) is 5.50. The lowest BCUT2D eigenvalue weighted by atomic mass is 9.89. The number of aromatic nitrogens is 4. The molecule has 4 aromatic rings. The van der Waals surface area contributed by atoms with Gasteiger partial charge in [-0.3, -0.25) is 4.79 Å². The van der Waals surface area contributed by atoms with E-state index in [1.807, 2.05) is 25.1 Å². The first-order chi connectivity index (χ1) is 15.0. The summed E-state index contributed by atoms with van der Waals surface area (Å²) < 4.78 is 2.71. The first-order valence-electron chi connectivity index (χ1n) is 10.7. The van der Waals surface area contributed by atoms with Crippen molar-refractivity contribution in [2.24, 2.45) is 5.92 Å². The number of rotatable bonds is 4. The van der Waals surface area contributed by atoms with E-state index in [1.54, 1.807) is 11.3 Å². The molecule has 0 aliphatic heterocycles. The van der Waals surface area contributed by atoms with Crippen LogP contribution in [-0.2, 0) is 30.6 Å². The summed E-state index contributed by atoms with van der Waals surface area (Å²) in [4.78, 5) is 32.5. The van der Waals surface area contributed by atoms with Crippen molar-refractivity contribution in [3.05, 3.63) is 56.6 Å². The second-order valence-corrected chi connectivity index (χ2v) is 9.50. The Morgan fingerprint density at radius 3 is 3.00 bits per heavy atom. The summed E-state index contributed by atoms with van der Waals surface area (Å²) in [5.74, 6) is 0.398. The van der Waals surface area contributed by atoms with Crippen LogP contribution in [0.3, 0.4) is 0 Å². The molecule has 0 spiro atoms. The van der Waals surface area contributed by atoms with Crippen molar-refractivity contribution < 1.29 is 4.79 Å². The molecule has 31 heavy (non-hydrogen) atoms. The first kappa shape index (κ1) is 19.9. The predicted octanol–water partition coefficient (Wildman–Crippen LogP) is 3.74. The lowest BCUT2D eigenvalue weighted by Crippen LogP contribution is -2.28. The molecular weight excluding hydrogens is 410 g/mol. The topological polar surface area (TPSA) is 81.3 Å². The first-order valence-corrected chi connectivity index (χ1v) is 11.5. The highest BCUT2D eigenvalue weighted by atomic mass is 32.1. The summed E-state index contributed by atoms with van der Waals surface area (Å²) >= 11 is 1.70. The van der Waals surface area contributed by atoms with Crippen molar-refractivity contribution in [3.8, 4) is 0 Å². The average Bonchev–Trinajstić information content (AvgIpc) is 3.26. The zero-order chi connectivity index (χ0) is 21.7. The molecule has 5 rings (SSSR count). The van der Waals surface area contributed by atoms with E-state index in [1.165, 1.54) is 25.9 Å². The van der Waals surface area contributed by atoms with Crippen LogP contribution in [0.25, 0.3) is 15.9 Å². The zero-order valence-corrected chi connectivity index (χ0v) is 18.8. The zero-order valence-electron chi connectivity index (χ0n) is 17.9. The van der Waals surface area contributed by atoms with Gasteiger partial charge in [-0.05, 0) is 55.2 Å². The molecule has 3 heterocycles. The van der Waals surface area contributed by atoms with Crippen molar-refractivity contribution >= 4 is 38.8 Å². The fraction of sp³-hybridized carbons (Fsp3) is 0.391. The monoisotopic (exact) mass is 435 g/mol. The standard InChI is InChI=1S/C23H25N5O2S/c1-4-15-7-5-6-14(3)20(15)25-18(29)11-28-23(30)27-12-24-22-19(21(27)26-28)16-9-8-13(2)10-17(16)31-22/h5-7,12-13H,4,8-11H2,1-3H3,(H,25,29)/t13-/m0/s1. The predicted molar refractivity (Wildman–Crippen MR) is 123 cm³/mol. The summed E-state index contributed by atoms with van der Waals surface area (Å²) in [7, 11) is 0. The number of benzene rings is 1. The third-order valence-electron chi connectivity index (χ3n) is 6.18.